The fourth-order valence-corrected chi connectivity index (χ4v) is 2.72. The molecule has 0 bridgehead atoms. The normalized spacial score (nSPS) is 11.2. The predicted molar refractivity (Wildman–Crippen MR) is 87.5 cm³/mol. The molecule has 0 aliphatic carbocycles. The lowest BCUT2D eigenvalue weighted by atomic mass is 10.0. The molecule has 0 spiro atoms. The van der Waals surface area contributed by atoms with Crippen LogP contribution in [0, 0.1) is 13.8 Å². The van der Waals surface area contributed by atoms with Crippen molar-refractivity contribution in [3.63, 3.8) is 0 Å². The molecule has 0 aromatic heterocycles. The van der Waals surface area contributed by atoms with Crippen LogP contribution in [0.4, 0.5) is 0 Å². The van der Waals surface area contributed by atoms with Gasteiger partial charge in [-0.25, -0.2) is 4.79 Å². The minimum atomic E-state index is -1.21. The maximum absolute atomic E-state index is 12.4. The molecule has 0 unspecified atom stereocenters. The molecule has 0 fully saturated rings. The van der Waals surface area contributed by atoms with Gasteiger partial charge in [0.05, 0.1) is 20.8 Å². The van der Waals surface area contributed by atoms with Gasteiger partial charge in [0.1, 0.15) is 17.1 Å². The van der Waals surface area contributed by atoms with E-state index < -0.39 is 8.07 Å². The first-order chi connectivity index (χ1) is 9.71. The summed E-state index contributed by atoms with van der Waals surface area (Å²) in [6, 6.07) is 2.69. The fraction of sp³-hybridized carbons (Fsp3) is 0.562. The quantitative estimate of drug-likeness (QED) is 0.592. The SMILES string of the molecule is COc1cc(OC)c(C(=O)OCC[Si](C)(C)C)c(C)c1C. The van der Waals surface area contributed by atoms with Gasteiger partial charge in [-0.3, -0.25) is 0 Å². The van der Waals surface area contributed by atoms with Crippen molar-refractivity contribution in [3.8, 4) is 11.5 Å². The van der Waals surface area contributed by atoms with E-state index in [0.717, 1.165) is 17.2 Å². The Morgan fingerprint density at radius 1 is 1.05 bits per heavy atom. The van der Waals surface area contributed by atoms with Crippen LogP contribution in [0.15, 0.2) is 6.07 Å². The molecule has 5 heteroatoms. The summed E-state index contributed by atoms with van der Waals surface area (Å²) in [5.41, 5.74) is 2.26. The highest BCUT2D eigenvalue weighted by atomic mass is 28.3. The summed E-state index contributed by atoms with van der Waals surface area (Å²) in [7, 11) is 1.93. The van der Waals surface area contributed by atoms with E-state index in [9.17, 15) is 4.79 Å². The van der Waals surface area contributed by atoms with Gasteiger partial charge in [-0.15, -0.1) is 0 Å². The zero-order valence-corrected chi connectivity index (χ0v) is 15.1. The third-order valence-corrected chi connectivity index (χ3v) is 5.25. The minimum absolute atomic E-state index is 0.326. The summed E-state index contributed by atoms with van der Waals surface area (Å²) in [6.07, 6.45) is 0. The lowest BCUT2D eigenvalue weighted by molar-refractivity contribution is 0.0520. The van der Waals surface area contributed by atoms with Crippen LogP contribution in [-0.4, -0.2) is 34.9 Å². The smallest absolute Gasteiger partial charge is 0.342 e. The van der Waals surface area contributed by atoms with E-state index in [4.69, 9.17) is 14.2 Å². The first-order valence-electron chi connectivity index (χ1n) is 7.10. The van der Waals surface area contributed by atoms with Crippen molar-refractivity contribution in [2.45, 2.75) is 39.5 Å². The van der Waals surface area contributed by atoms with Gasteiger partial charge in [-0.1, -0.05) is 19.6 Å². The number of methoxy groups -OCH3 is 2. The summed E-state index contributed by atoms with van der Waals surface area (Å²) in [5, 5.41) is 0. The van der Waals surface area contributed by atoms with E-state index in [2.05, 4.69) is 19.6 Å². The molecule has 0 saturated carbocycles. The Hall–Kier alpha value is -1.49. The van der Waals surface area contributed by atoms with E-state index in [1.54, 1.807) is 20.3 Å². The summed E-state index contributed by atoms with van der Waals surface area (Å²) in [4.78, 5) is 12.4. The molecular weight excluding hydrogens is 284 g/mol. The third kappa shape index (κ3) is 4.49. The van der Waals surface area contributed by atoms with Gasteiger partial charge in [0, 0.05) is 14.1 Å². The minimum Gasteiger partial charge on any atom is -0.496 e. The van der Waals surface area contributed by atoms with Gasteiger partial charge in [0.15, 0.2) is 0 Å². The monoisotopic (exact) mass is 310 g/mol. The van der Waals surface area contributed by atoms with Crippen molar-refractivity contribution in [1.29, 1.82) is 0 Å². The second-order valence-electron chi connectivity index (χ2n) is 6.35. The van der Waals surface area contributed by atoms with Crippen LogP contribution in [0.1, 0.15) is 21.5 Å². The molecule has 1 aromatic carbocycles. The van der Waals surface area contributed by atoms with E-state index in [-0.39, 0.29) is 5.97 Å². The summed E-state index contributed by atoms with van der Waals surface area (Å²) >= 11 is 0. The molecule has 0 aliphatic heterocycles. The Morgan fingerprint density at radius 2 is 1.62 bits per heavy atom. The number of carbonyl (C=O) groups excluding carboxylic acids is 1. The fourth-order valence-electron chi connectivity index (χ4n) is 2.01. The lowest BCUT2D eigenvalue weighted by Crippen LogP contribution is -2.23. The van der Waals surface area contributed by atoms with Gasteiger partial charge in [-0.2, -0.15) is 0 Å². The average molecular weight is 310 g/mol. The molecule has 1 rings (SSSR count). The van der Waals surface area contributed by atoms with E-state index in [1.807, 2.05) is 13.8 Å². The predicted octanol–water partition coefficient (Wildman–Crippen LogP) is 3.82. The largest absolute Gasteiger partial charge is 0.496 e. The van der Waals surface area contributed by atoms with Gasteiger partial charge < -0.3 is 14.2 Å². The average Bonchev–Trinajstić information content (AvgIpc) is 2.39. The van der Waals surface area contributed by atoms with E-state index in [0.29, 0.717) is 23.7 Å². The molecule has 0 aliphatic rings. The molecular formula is C16H26O4Si. The van der Waals surface area contributed by atoms with Crippen molar-refractivity contribution in [3.05, 3.63) is 22.8 Å². The van der Waals surface area contributed by atoms with Crippen LogP contribution < -0.4 is 9.47 Å². The van der Waals surface area contributed by atoms with Crippen LogP contribution in [0.3, 0.4) is 0 Å². The maximum atomic E-state index is 12.4. The highest BCUT2D eigenvalue weighted by Gasteiger charge is 2.22. The molecule has 0 N–H and O–H groups in total. The number of esters is 1. The Labute approximate surface area is 128 Å². The highest BCUT2D eigenvalue weighted by molar-refractivity contribution is 6.76. The molecule has 1 aromatic rings. The molecule has 0 saturated heterocycles. The van der Waals surface area contributed by atoms with Gasteiger partial charge in [-0.05, 0) is 31.0 Å². The molecule has 0 atom stereocenters. The van der Waals surface area contributed by atoms with Crippen LogP contribution in [0.25, 0.3) is 0 Å². The van der Waals surface area contributed by atoms with Crippen LogP contribution >= 0.6 is 0 Å². The number of hydrogen-bond donors (Lipinski definition) is 0. The second kappa shape index (κ2) is 6.98. The molecule has 0 heterocycles. The van der Waals surface area contributed by atoms with Gasteiger partial charge in [0.25, 0.3) is 0 Å². The lowest BCUT2D eigenvalue weighted by Gasteiger charge is -2.18. The van der Waals surface area contributed by atoms with Crippen LogP contribution in [0.2, 0.25) is 25.7 Å². The topological polar surface area (TPSA) is 44.8 Å². The molecule has 4 nitrogen and oxygen atoms in total. The first-order valence-corrected chi connectivity index (χ1v) is 10.8. The molecule has 0 radical (unpaired) electrons. The van der Waals surface area contributed by atoms with Crippen LogP contribution in [0.5, 0.6) is 11.5 Å². The Balaban J connectivity index is 3.01. The maximum Gasteiger partial charge on any atom is 0.342 e. The first kappa shape index (κ1) is 17.6. The molecule has 0 amide bonds. The zero-order valence-electron chi connectivity index (χ0n) is 14.1. The zero-order chi connectivity index (χ0) is 16.2. The Morgan fingerprint density at radius 3 is 2.10 bits per heavy atom. The van der Waals surface area contributed by atoms with Crippen molar-refractivity contribution >= 4 is 14.0 Å². The highest BCUT2D eigenvalue weighted by Crippen LogP contribution is 2.33. The number of ether oxygens (including phenoxy) is 3. The number of carbonyl (C=O) groups is 1. The molecule has 118 valence electrons. The summed E-state index contributed by atoms with van der Waals surface area (Å²) in [6.45, 7) is 11.0. The summed E-state index contributed by atoms with van der Waals surface area (Å²) in [5.74, 6) is 0.879. The summed E-state index contributed by atoms with van der Waals surface area (Å²) < 4.78 is 16.1. The standard InChI is InChI=1S/C16H26O4Si/c1-11-12(2)15(14(19-4)10-13(11)18-3)16(17)20-8-9-21(5,6)7/h10H,8-9H2,1-7H3. The number of hydrogen-bond acceptors (Lipinski definition) is 4. The second-order valence-corrected chi connectivity index (χ2v) is 12.0. The van der Waals surface area contributed by atoms with E-state index >= 15 is 0 Å². The number of rotatable bonds is 6. The number of benzene rings is 1. The Kier molecular flexibility index (Phi) is 5.84. The molecule has 21 heavy (non-hydrogen) atoms. The van der Waals surface area contributed by atoms with Crippen molar-refractivity contribution in [1.82, 2.24) is 0 Å². The van der Waals surface area contributed by atoms with Crippen molar-refractivity contribution in [2.75, 3.05) is 20.8 Å². The Bertz CT molecular complexity index is 518. The van der Waals surface area contributed by atoms with Crippen molar-refractivity contribution in [2.24, 2.45) is 0 Å². The van der Waals surface area contributed by atoms with Crippen LogP contribution in [-0.2, 0) is 4.74 Å². The van der Waals surface area contributed by atoms with E-state index in [1.165, 1.54) is 0 Å². The van der Waals surface area contributed by atoms with Gasteiger partial charge >= 0.3 is 5.97 Å². The van der Waals surface area contributed by atoms with Gasteiger partial charge in [0.2, 0.25) is 0 Å². The van der Waals surface area contributed by atoms with Crippen molar-refractivity contribution < 1.29 is 19.0 Å². The third-order valence-electron chi connectivity index (χ3n) is 3.54.